The van der Waals surface area contributed by atoms with Gasteiger partial charge in [-0.15, -0.1) is 0 Å². The van der Waals surface area contributed by atoms with Crippen molar-refractivity contribution < 1.29 is 9.53 Å². The fourth-order valence-electron chi connectivity index (χ4n) is 3.79. The van der Waals surface area contributed by atoms with Crippen LogP contribution >= 0.6 is 0 Å². The summed E-state index contributed by atoms with van der Waals surface area (Å²) in [6.07, 6.45) is 9.63. The van der Waals surface area contributed by atoms with Crippen molar-refractivity contribution in [2.45, 2.75) is 57.0 Å². The van der Waals surface area contributed by atoms with E-state index < -0.39 is 0 Å². The van der Waals surface area contributed by atoms with E-state index in [2.05, 4.69) is 4.90 Å². The van der Waals surface area contributed by atoms with Crippen molar-refractivity contribution >= 4 is 5.97 Å². The molecule has 2 saturated heterocycles. The van der Waals surface area contributed by atoms with Gasteiger partial charge in [0.05, 0.1) is 5.92 Å². The van der Waals surface area contributed by atoms with Crippen LogP contribution in [0, 0.1) is 5.92 Å². The van der Waals surface area contributed by atoms with Gasteiger partial charge in [0.25, 0.3) is 0 Å². The minimum Gasteiger partial charge on any atom is -0.459 e. The van der Waals surface area contributed by atoms with Crippen LogP contribution in [0.3, 0.4) is 0 Å². The number of esters is 1. The SMILES string of the molecule is O=C1OC2(CCCC2)CC1CN1CCCCC1. The molecule has 17 heavy (non-hydrogen) atoms. The summed E-state index contributed by atoms with van der Waals surface area (Å²) in [6.45, 7) is 3.30. The van der Waals surface area contributed by atoms with E-state index in [1.165, 1.54) is 45.2 Å². The first-order valence-electron chi connectivity index (χ1n) is 7.23. The fourth-order valence-corrected chi connectivity index (χ4v) is 3.79. The van der Waals surface area contributed by atoms with Crippen LogP contribution in [0.25, 0.3) is 0 Å². The summed E-state index contributed by atoms with van der Waals surface area (Å²) in [4.78, 5) is 14.4. The maximum Gasteiger partial charge on any atom is 0.310 e. The molecule has 0 bridgehead atoms. The standard InChI is InChI=1S/C14H23NO2/c16-13-12(11-15-8-4-1-5-9-15)10-14(17-13)6-2-3-7-14/h12H,1-11H2. The molecule has 2 aliphatic heterocycles. The van der Waals surface area contributed by atoms with Crippen LogP contribution in [-0.2, 0) is 9.53 Å². The highest BCUT2D eigenvalue weighted by Gasteiger charge is 2.48. The van der Waals surface area contributed by atoms with Crippen molar-refractivity contribution in [3.63, 3.8) is 0 Å². The third-order valence-electron chi connectivity index (χ3n) is 4.71. The summed E-state index contributed by atoms with van der Waals surface area (Å²) >= 11 is 0. The number of ether oxygens (including phenoxy) is 1. The highest BCUT2D eigenvalue weighted by Crippen LogP contribution is 2.43. The molecular formula is C14H23NO2. The normalized spacial score (nSPS) is 33.2. The fraction of sp³-hybridized carbons (Fsp3) is 0.929. The van der Waals surface area contributed by atoms with Gasteiger partial charge in [-0.2, -0.15) is 0 Å². The third-order valence-corrected chi connectivity index (χ3v) is 4.71. The molecule has 1 spiro atoms. The Bertz CT molecular complexity index is 291. The number of nitrogens with zero attached hydrogens (tertiary/aromatic N) is 1. The number of likely N-dealkylation sites (tertiary alicyclic amines) is 1. The molecule has 3 heteroatoms. The predicted octanol–water partition coefficient (Wildman–Crippen LogP) is 2.35. The molecule has 0 radical (unpaired) electrons. The second kappa shape index (κ2) is 4.60. The molecule has 3 aliphatic rings. The second-order valence-electron chi connectivity index (χ2n) is 6.07. The van der Waals surface area contributed by atoms with E-state index in [1.807, 2.05) is 0 Å². The van der Waals surface area contributed by atoms with E-state index in [9.17, 15) is 4.79 Å². The van der Waals surface area contributed by atoms with E-state index in [0.29, 0.717) is 0 Å². The van der Waals surface area contributed by atoms with E-state index >= 15 is 0 Å². The number of rotatable bonds is 2. The van der Waals surface area contributed by atoms with Crippen LogP contribution < -0.4 is 0 Å². The summed E-state index contributed by atoms with van der Waals surface area (Å²) in [7, 11) is 0. The van der Waals surface area contributed by atoms with Gasteiger partial charge >= 0.3 is 5.97 Å². The average molecular weight is 237 g/mol. The monoisotopic (exact) mass is 237 g/mol. The van der Waals surface area contributed by atoms with Crippen molar-refractivity contribution in [1.29, 1.82) is 0 Å². The maximum atomic E-state index is 12.0. The molecule has 0 N–H and O–H groups in total. The Kier molecular flexibility index (Phi) is 3.12. The van der Waals surface area contributed by atoms with Crippen LogP contribution in [-0.4, -0.2) is 36.1 Å². The van der Waals surface area contributed by atoms with Gasteiger partial charge in [0.1, 0.15) is 5.60 Å². The van der Waals surface area contributed by atoms with Gasteiger partial charge in [-0.25, -0.2) is 0 Å². The first-order valence-corrected chi connectivity index (χ1v) is 7.23. The van der Waals surface area contributed by atoms with E-state index in [1.54, 1.807) is 0 Å². The number of hydrogen-bond donors (Lipinski definition) is 0. The summed E-state index contributed by atoms with van der Waals surface area (Å²) in [5.74, 6) is 0.240. The lowest BCUT2D eigenvalue weighted by Gasteiger charge is -2.28. The number of carbonyl (C=O) groups is 1. The molecule has 3 fully saturated rings. The summed E-state index contributed by atoms with van der Waals surface area (Å²) in [5.41, 5.74) is -0.0441. The van der Waals surface area contributed by atoms with Crippen molar-refractivity contribution in [3.05, 3.63) is 0 Å². The Balaban J connectivity index is 1.58. The van der Waals surface area contributed by atoms with Crippen molar-refractivity contribution in [1.82, 2.24) is 4.90 Å². The van der Waals surface area contributed by atoms with Crippen LogP contribution in [0.4, 0.5) is 0 Å². The lowest BCUT2D eigenvalue weighted by Crippen LogP contribution is -2.35. The zero-order valence-corrected chi connectivity index (χ0v) is 10.6. The quantitative estimate of drug-likeness (QED) is 0.690. The first-order chi connectivity index (χ1) is 8.27. The van der Waals surface area contributed by atoms with Gasteiger partial charge in [0, 0.05) is 13.0 Å². The molecule has 1 unspecified atom stereocenters. The molecule has 2 heterocycles. The van der Waals surface area contributed by atoms with Crippen molar-refractivity contribution in [2.75, 3.05) is 19.6 Å². The van der Waals surface area contributed by atoms with Gasteiger partial charge in [-0.1, -0.05) is 6.42 Å². The van der Waals surface area contributed by atoms with Gasteiger partial charge in [-0.05, 0) is 51.6 Å². The number of carbonyl (C=O) groups excluding carboxylic acids is 1. The largest absolute Gasteiger partial charge is 0.459 e. The third kappa shape index (κ3) is 2.35. The molecule has 0 aromatic heterocycles. The minimum absolute atomic E-state index is 0.0441. The van der Waals surface area contributed by atoms with Crippen molar-refractivity contribution in [2.24, 2.45) is 5.92 Å². The van der Waals surface area contributed by atoms with Crippen LogP contribution in [0.2, 0.25) is 0 Å². The van der Waals surface area contributed by atoms with E-state index in [-0.39, 0.29) is 17.5 Å². The van der Waals surface area contributed by atoms with E-state index in [0.717, 1.165) is 25.8 Å². The topological polar surface area (TPSA) is 29.5 Å². The smallest absolute Gasteiger partial charge is 0.310 e. The zero-order chi connectivity index (χ0) is 11.7. The highest BCUT2D eigenvalue weighted by molar-refractivity contribution is 5.75. The van der Waals surface area contributed by atoms with E-state index in [4.69, 9.17) is 4.74 Å². The van der Waals surface area contributed by atoms with Crippen molar-refractivity contribution in [3.8, 4) is 0 Å². The molecular weight excluding hydrogens is 214 g/mol. The molecule has 3 nitrogen and oxygen atoms in total. The summed E-state index contributed by atoms with van der Waals surface area (Å²) in [5, 5.41) is 0. The lowest BCUT2D eigenvalue weighted by atomic mass is 9.92. The molecule has 0 amide bonds. The summed E-state index contributed by atoms with van der Waals surface area (Å²) < 4.78 is 5.70. The Morgan fingerprint density at radius 2 is 1.82 bits per heavy atom. The number of piperidine rings is 1. The molecule has 1 aliphatic carbocycles. The molecule has 0 aromatic rings. The highest BCUT2D eigenvalue weighted by atomic mass is 16.6. The first kappa shape index (κ1) is 11.5. The van der Waals surface area contributed by atoms with Crippen LogP contribution in [0.5, 0.6) is 0 Å². The number of hydrogen-bond acceptors (Lipinski definition) is 3. The van der Waals surface area contributed by atoms with Gasteiger partial charge in [-0.3, -0.25) is 4.79 Å². The Hall–Kier alpha value is -0.570. The maximum absolute atomic E-state index is 12.0. The van der Waals surface area contributed by atoms with Crippen LogP contribution in [0.1, 0.15) is 51.4 Å². The second-order valence-corrected chi connectivity index (χ2v) is 6.07. The predicted molar refractivity (Wildman–Crippen MR) is 65.7 cm³/mol. The van der Waals surface area contributed by atoms with Gasteiger partial charge < -0.3 is 9.64 Å². The lowest BCUT2D eigenvalue weighted by molar-refractivity contribution is -0.150. The molecule has 1 atom stereocenters. The Morgan fingerprint density at radius 3 is 2.53 bits per heavy atom. The molecule has 0 aromatic carbocycles. The average Bonchev–Trinajstić information content (AvgIpc) is 2.89. The van der Waals surface area contributed by atoms with Crippen LogP contribution in [0.15, 0.2) is 0 Å². The molecule has 3 rings (SSSR count). The molecule has 96 valence electrons. The summed E-state index contributed by atoms with van der Waals surface area (Å²) in [6, 6.07) is 0. The Labute approximate surface area is 104 Å². The van der Waals surface area contributed by atoms with Gasteiger partial charge in [0.15, 0.2) is 0 Å². The van der Waals surface area contributed by atoms with Gasteiger partial charge in [0.2, 0.25) is 0 Å². The zero-order valence-electron chi connectivity index (χ0n) is 10.6. The minimum atomic E-state index is -0.0441. The molecule has 1 saturated carbocycles. The Morgan fingerprint density at radius 1 is 1.12 bits per heavy atom.